The van der Waals surface area contributed by atoms with Crippen LogP contribution in [0.3, 0.4) is 0 Å². The summed E-state index contributed by atoms with van der Waals surface area (Å²) in [6.45, 7) is 0.287. The Morgan fingerprint density at radius 3 is 2.74 bits per heavy atom. The second kappa shape index (κ2) is 6.90. The first-order chi connectivity index (χ1) is 8.99. The third kappa shape index (κ3) is 5.44. The summed E-state index contributed by atoms with van der Waals surface area (Å²) in [6.07, 6.45) is 4.65. The Hall–Kier alpha value is -2.70. The number of carboxylic acids is 1. The summed E-state index contributed by atoms with van der Waals surface area (Å²) in [4.78, 5) is 38.2. The average Bonchev–Trinajstić information content (AvgIpc) is 2.37. The molecule has 7 nitrogen and oxygen atoms in total. The lowest BCUT2D eigenvalue weighted by Gasteiger charge is -2.16. The summed E-state index contributed by atoms with van der Waals surface area (Å²) in [5.74, 6) is -2.04. The molecule has 0 aliphatic carbocycles. The van der Waals surface area contributed by atoms with E-state index in [4.69, 9.17) is 5.11 Å². The fourth-order valence-corrected chi connectivity index (χ4v) is 1.23. The zero-order chi connectivity index (χ0) is 14.3. The van der Waals surface area contributed by atoms with Crippen LogP contribution in [0.4, 0.5) is 4.79 Å². The molecule has 0 spiro atoms. The molecular formula is C12H13N3O4. The summed E-state index contributed by atoms with van der Waals surface area (Å²) in [7, 11) is 1.51. The molecule has 0 atom stereocenters. The first kappa shape index (κ1) is 14.4. The molecule has 3 amide bonds. The van der Waals surface area contributed by atoms with Gasteiger partial charge in [-0.05, 0) is 11.6 Å². The van der Waals surface area contributed by atoms with Gasteiger partial charge in [0.25, 0.3) is 5.91 Å². The van der Waals surface area contributed by atoms with Gasteiger partial charge >= 0.3 is 12.0 Å². The van der Waals surface area contributed by atoms with Crippen LogP contribution in [0.5, 0.6) is 0 Å². The molecule has 2 N–H and O–H groups in total. The summed E-state index contributed by atoms with van der Waals surface area (Å²) in [6, 6.07) is 2.91. The van der Waals surface area contributed by atoms with Crippen molar-refractivity contribution >= 4 is 17.9 Å². The number of nitrogens with zero attached hydrogens (tertiary/aromatic N) is 2. The van der Waals surface area contributed by atoms with E-state index in [9.17, 15) is 14.4 Å². The number of carbonyl (C=O) groups is 3. The van der Waals surface area contributed by atoms with Crippen molar-refractivity contribution in [3.63, 3.8) is 0 Å². The van der Waals surface area contributed by atoms with Gasteiger partial charge in [-0.15, -0.1) is 0 Å². The number of imide groups is 1. The topological polar surface area (TPSA) is 99.6 Å². The molecule has 0 saturated heterocycles. The number of rotatable bonds is 4. The molecule has 0 aliphatic heterocycles. The second-order valence-electron chi connectivity index (χ2n) is 3.68. The minimum atomic E-state index is -1.26. The highest BCUT2D eigenvalue weighted by Crippen LogP contribution is 2.00. The highest BCUT2D eigenvalue weighted by Gasteiger charge is 2.11. The van der Waals surface area contributed by atoms with Crippen LogP contribution >= 0.6 is 0 Å². The Morgan fingerprint density at radius 1 is 1.42 bits per heavy atom. The van der Waals surface area contributed by atoms with Crippen LogP contribution in [0.2, 0.25) is 0 Å². The fraction of sp³-hybridized carbons (Fsp3) is 0.167. The number of nitrogens with one attached hydrogen (secondary N) is 1. The summed E-state index contributed by atoms with van der Waals surface area (Å²) >= 11 is 0. The number of hydrogen-bond acceptors (Lipinski definition) is 4. The van der Waals surface area contributed by atoms with Crippen molar-refractivity contribution in [3.8, 4) is 0 Å². The molecule has 0 aliphatic rings. The van der Waals surface area contributed by atoms with E-state index in [1.807, 2.05) is 5.32 Å². The number of carbonyl (C=O) groups excluding carboxylic acids is 2. The van der Waals surface area contributed by atoms with Gasteiger partial charge in [0, 0.05) is 38.1 Å². The summed E-state index contributed by atoms with van der Waals surface area (Å²) in [5, 5.41) is 10.4. The van der Waals surface area contributed by atoms with Crippen molar-refractivity contribution in [2.24, 2.45) is 0 Å². The highest BCUT2D eigenvalue weighted by molar-refractivity contribution is 6.02. The van der Waals surface area contributed by atoms with Gasteiger partial charge in [0.1, 0.15) is 0 Å². The van der Waals surface area contributed by atoms with Crippen LogP contribution < -0.4 is 5.32 Å². The Kier molecular flexibility index (Phi) is 5.21. The summed E-state index contributed by atoms with van der Waals surface area (Å²) < 4.78 is 0. The number of amides is 3. The lowest BCUT2D eigenvalue weighted by molar-refractivity contribution is -0.131. The van der Waals surface area contributed by atoms with Crippen LogP contribution in [0.25, 0.3) is 0 Å². The van der Waals surface area contributed by atoms with Crippen molar-refractivity contribution in [2.45, 2.75) is 6.54 Å². The van der Waals surface area contributed by atoms with E-state index in [1.165, 1.54) is 11.9 Å². The molecule has 7 heteroatoms. The second-order valence-corrected chi connectivity index (χ2v) is 3.68. The SMILES string of the molecule is CN(Cc1cccnc1)C(=O)NC(=O)/C=C/C(=O)O. The minimum absolute atomic E-state index is 0.287. The van der Waals surface area contributed by atoms with Gasteiger partial charge in [0.05, 0.1) is 0 Å². The molecule has 19 heavy (non-hydrogen) atoms. The quantitative estimate of drug-likeness (QED) is 0.765. The van der Waals surface area contributed by atoms with Crippen molar-refractivity contribution < 1.29 is 19.5 Å². The Bertz CT molecular complexity index is 499. The molecule has 1 aromatic rings. The molecule has 0 bridgehead atoms. The molecule has 0 fully saturated rings. The third-order valence-corrected chi connectivity index (χ3v) is 2.10. The molecule has 1 aromatic heterocycles. The highest BCUT2D eigenvalue weighted by atomic mass is 16.4. The maximum Gasteiger partial charge on any atom is 0.328 e. The molecule has 100 valence electrons. The Balaban J connectivity index is 2.49. The first-order valence-corrected chi connectivity index (χ1v) is 5.35. The van der Waals surface area contributed by atoms with Gasteiger partial charge in [-0.1, -0.05) is 6.07 Å². The molecule has 0 aromatic carbocycles. The normalized spacial score (nSPS) is 10.2. The first-order valence-electron chi connectivity index (χ1n) is 5.35. The van der Waals surface area contributed by atoms with Gasteiger partial charge in [-0.2, -0.15) is 0 Å². The smallest absolute Gasteiger partial charge is 0.328 e. The number of hydrogen-bond donors (Lipinski definition) is 2. The number of aromatic nitrogens is 1. The minimum Gasteiger partial charge on any atom is -0.478 e. The predicted molar refractivity (Wildman–Crippen MR) is 66.0 cm³/mol. The van der Waals surface area contributed by atoms with E-state index in [2.05, 4.69) is 4.98 Å². The molecular weight excluding hydrogens is 250 g/mol. The summed E-state index contributed by atoms with van der Waals surface area (Å²) in [5.41, 5.74) is 0.814. The van der Waals surface area contributed by atoms with Gasteiger partial charge in [0.2, 0.25) is 0 Å². The van der Waals surface area contributed by atoms with Gasteiger partial charge in [-0.25, -0.2) is 9.59 Å². The van der Waals surface area contributed by atoms with Crippen molar-refractivity contribution in [1.29, 1.82) is 0 Å². The van der Waals surface area contributed by atoms with Crippen LogP contribution in [0.1, 0.15) is 5.56 Å². The standard InChI is InChI=1S/C12H13N3O4/c1-15(8-9-3-2-6-13-7-9)12(19)14-10(16)4-5-11(17)18/h2-7H,8H2,1H3,(H,17,18)(H,14,16,19)/b5-4+. The lowest BCUT2D eigenvalue weighted by Crippen LogP contribution is -2.39. The van der Waals surface area contributed by atoms with Crippen LogP contribution in [-0.4, -0.2) is 39.9 Å². The van der Waals surface area contributed by atoms with Gasteiger partial charge in [0.15, 0.2) is 0 Å². The molecule has 1 rings (SSSR count). The van der Waals surface area contributed by atoms with Crippen LogP contribution in [0.15, 0.2) is 36.7 Å². The average molecular weight is 263 g/mol. The van der Waals surface area contributed by atoms with Crippen molar-refractivity contribution in [1.82, 2.24) is 15.2 Å². The predicted octanol–water partition coefficient (Wildman–Crippen LogP) is 0.390. The van der Waals surface area contributed by atoms with E-state index in [0.717, 1.165) is 11.6 Å². The van der Waals surface area contributed by atoms with E-state index < -0.39 is 17.9 Å². The lowest BCUT2D eigenvalue weighted by atomic mass is 10.3. The Labute approximate surface area is 109 Å². The van der Waals surface area contributed by atoms with Crippen LogP contribution in [0, 0.1) is 0 Å². The van der Waals surface area contributed by atoms with Gasteiger partial charge in [-0.3, -0.25) is 15.1 Å². The van der Waals surface area contributed by atoms with Gasteiger partial charge < -0.3 is 10.0 Å². The van der Waals surface area contributed by atoms with E-state index in [0.29, 0.717) is 6.08 Å². The third-order valence-electron chi connectivity index (χ3n) is 2.10. The van der Waals surface area contributed by atoms with Crippen LogP contribution in [-0.2, 0) is 16.1 Å². The van der Waals surface area contributed by atoms with E-state index in [1.54, 1.807) is 24.5 Å². The van der Waals surface area contributed by atoms with E-state index >= 15 is 0 Å². The van der Waals surface area contributed by atoms with Crippen molar-refractivity contribution in [3.05, 3.63) is 42.2 Å². The molecule has 1 heterocycles. The molecule has 0 saturated carbocycles. The largest absolute Gasteiger partial charge is 0.478 e. The van der Waals surface area contributed by atoms with Crippen molar-refractivity contribution in [2.75, 3.05) is 7.05 Å². The Morgan fingerprint density at radius 2 is 2.16 bits per heavy atom. The maximum absolute atomic E-state index is 11.6. The molecule has 0 radical (unpaired) electrons. The monoisotopic (exact) mass is 263 g/mol. The number of pyridine rings is 1. The number of aliphatic carboxylic acids is 1. The zero-order valence-corrected chi connectivity index (χ0v) is 10.2. The fourth-order valence-electron chi connectivity index (χ4n) is 1.23. The number of urea groups is 1. The molecule has 0 unspecified atom stereocenters. The maximum atomic E-state index is 11.6. The zero-order valence-electron chi connectivity index (χ0n) is 10.2. The van der Waals surface area contributed by atoms with E-state index in [-0.39, 0.29) is 6.54 Å². The number of carboxylic acid groups (broad SMARTS) is 1.